The molecule has 6 heteroatoms. The zero-order valence-corrected chi connectivity index (χ0v) is 37.8. The third-order valence-corrected chi connectivity index (χ3v) is 9.90. The number of carbonyl (C=O) groups excluding carboxylic acids is 3. The summed E-state index contributed by atoms with van der Waals surface area (Å²) in [5, 5.41) is 0. The Morgan fingerprint density at radius 1 is 0.345 bits per heavy atom. The van der Waals surface area contributed by atoms with E-state index in [4.69, 9.17) is 14.2 Å². The average molecular weight is 809 g/mol. The van der Waals surface area contributed by atoms with Crippen molar-refractivity contribution in [3.63, 3.8) is 0 Å². The fourth-order valence-electron chi connectivity index (χ4n) is 6.23. The van der Waals surface area contributed by atoms with E-state index in [9.17, 15) is 14.4 Å². The molecule has 0 amide bonds. The fourth-order valence-corrected chi connectivity index (χ4v) is 6.23. The number of hydrogen-bond acceptors (Lipinski definition) is 6. The molecular formula is C52H88O6. The zero-order chi connectivity index (χ0) is 42.3. The van der Waals surface area contributed by atoms with Gasteiger partial charge in [0, 0.05) is 19.3 Å². The van der Waals surface area contributed by atoms with Gasteiger partial charge in [0.2, 0.25) is 0 Å². The van der Waals surface area contributed by atoms with Crippen LogP contribution in [0.15, 0.2) is 72.9 Å². The molecule has 332 valence electrons. The third-order valence-electron chi connectivity index (χ3n) is 9.90. The molecule has 0 saturated carbocycles. The number of esters is 3. The van der Waals surface area contributed by atoms with E-state index in [1.165, 1.54) is 77.0 Å². The Kier molecular flexibility index (Phi) is 44.0. The SMILES string of the molecule is CCCC/C=C\CCCCCCC(=O)OCC(COC(=O)CCC/C=C\C/C=C\C/C=C\C/C=C\CCCCC)OC(=O)CCCCC/C=C\CCCCCCCC. The van der Waals surface area contributed by atoms with Crippen LogP contribution in [0, 0.1) is 0 Å². The summed E-state index contributed by atoms with van der Waals surface area (Å²) in [6.07, 6.45) is 57.5. The number of unbranched alkanes of at least 4 members (excludes halogenated alkanes) is 19. The number of ether oxygens (including phenoxy) is 3. The largest absolute Gasteiger partial charge is 0.462 e. The van der Waals surface area contributed by atoms with Crippen LogP contribution in [0.3, 0.4) is 0 Å². The van der Waals surface area contributed by atoms with Gasteiger partial charge in [-0.2, -0.15) is 0 Å². The predicted molar refractivity (Wildman–Crippen MR) is 247 cm³/mol. The average Bonchev–Trinajstić information content (AvgIpc) is 3.22. The molecule has 0 rings (SSSR count). The maximum absolute atomic E-state index is 12.7. The van der Waals surface area contributed by atoms with Gasteiger partial charge < -0.3 is 14.2 Å². The van der Waals surface area contributed by atoms with Gasteiger partial charge in [-0.3, -0.25) is 14.4 Å². The topological polar surface area (TPSA) is 78.9 Å². The number of hydrogen-bond donors (Lipinski definition) is 0. The van der Waals surface area contributed by atoms with E-state index in [1.54, 1.807) is 0 Å². The molecule has 0 aliphatic rings. The standard InChI is InChI=1S/C52H88O6/c1-4-7-10-13-16-19-22-24-25-26-27-29-30-33-36-39-42-45-51(54)57-48-49(47-56-50(53)44-41-38-35-32-21-18-15-12-9-6-3)58-52(55)46-43-40-37-34-31-28-23-20-17-14-11-8-5-2/h15-16,18-19,24-25,27-29,31,33,36,49H,4-14,17,20-23,26,30,32,34-35,37-48H2,1-3H3/b18-15-,19-16-,25-24-,29-27-,31-28-,36-33-. The van der Waals surface area contributed by atoms with Crippen LogP contribution in [-0.4, -0.2) is 37.2 Å². The monoisotopic (exact) mass is 809 g/mol. The van der Waals surface area contributed by atoms with E-state index in [0.717, 1.165) is 96.3 Å². The van der Waals surface area contributed by atoms with E-state index < -0.39 is 6.10 Å². The molecule has 0 radical (unpaired) electrons. The van der Waals surface area contributed by atoms with Gasteiger partial charge in [0.1, 0.15) is 13.2 Å². The van der Waals surface area contributed by atoms with Crippen LogP contribution >= 0.6 is 0 Å². The van der Waals surface area contributed by atoms with Crippen molar-refractivity contribution >= 4 is 17.9 Å². The lowest BCUT2D eigenvalue weighted by atomic mass is 10.1. The first-order chi connectivity index (χ1) is 28.5. The molecular weight excluding hydrogens is 721 g/mol. The lowest BCUT2D eigenvalue weighted by molar-refractivity contribution is -0.167. The summed E-state index contributed by atoms with van der Waals surface area (Å²) in [6.45, 7) is 6.47. The highest BCUT2D eigenvalue weighted by Gasteiger charge is 2.19. The van der Waals surface area contributed by atoms with E-state index in [2.05, 4.69) is 93.7 Å². The summed E-state index contributed by atoms with van der Waals surface area (Å²) in [5.74, 6) is -0.997. The molecule has 0 aliphatic carbocycles. The van der Waals surface area contributed by atoms with Gasteiger partial charge in [0.25, 0.3) is 0 Å². The van der Waals surface area contributed by atoms with Crippen molar-refractivity contribution in [3.8, 4) is 0 Å². The quantitative estimate of drug-likeness (QED) is 0.0264. The Balaban J connectivity index is 4.49. The van der Waals surface area contributed by atoms with Gasteiger partial charge in [-0.15, -0.1) is 0 Å². The zero-order valence-electron chi connectivity index (χ0n) is 37.8. The van der Waals surface area contributed by atoms with Crippen LogP contribution in [0.4, 0.5) is 0 Å². The van der Waals surface area contributed by atoms with Crippen LogP contribution in [0.1, 0.15) is 220 Å². The highest BCUT2D eigenvalue weighted by atomic mass is 16.6. The fraction of sp³-hybridized carbons (Fsp3) is 0.712. The molecule has 0 aromatic carbocycles. The number of allylic oxidation sites excluding steroid dienone is 12. The minimum Gasteiger partial charge on any atom is -0.462 e. The molecule has 6 nitrogen and oxygen atoms in total. The van der Waals surface area contributed by atoms with Crippen molar-refractivity contribution in [2.75, 3.05) is 13.2 Å². The van der Waals surface area contributed by atoms with E-state index >= 15 is 0 Å². The predicted octanol–water partition coefficient (Wildman–Crippen LogP) is 15.5. The smallest absolute Gasteiger partial charge is 0.306 e. The van der Waals surface area contributed by atoms with Crippen molar-refractivity contribution in [1.82, 2.24) is 0 Å². The highest BCUT2D eigenvalue weighted by molar-refractivity contribution is 5.71. The first-order valence-electron chi connectivity index (χ1n) is 23.9. The molecule has 0 spiro atoms. The Morgan fingerprint density at radius 2 is 0.655 bits per heavy atom. The molecule has 0 heterocycles. The summed E-state index contributed by atoms with van der Waals surface area (Å²) < 4.78 is 16.6. The maximum atomic E-state index is 12.7. The summed E-state index contributed by atoms with van der Waals surface area (Å²) >= 11 is 0. The van der Waals surface area contributed by atoms with Crippen LogP contribution in [0.2, 0.25) is 0 Å². The first-order valence-corrected chi connectivity index (χ1v) is 23.9. The second-order valence-electron chi connectivity index (χ2n) is 15.7. The molecule has 1 atom stereocenters. The van der Waals surface area contributed by atoms with Gasteiger partial charge in [0.05, 0.1) is 0 Å². The Morgan fingerprint density at radius 3 is 1.16 bits per heavy atom. The summed E-state index contributed by atoms with van der Waals surface area (Å²) in [7, 11) is 0. The van der Waals surface area contributed by atoms with Crippen molar-refractivity contribution < 1.29 is 28.6 Å². The first kappa shape index (κ1) is 54.9. The second kappa shape index (κ2) is 46.5. The molecule has 0 aromatic rings. The van der Waals surface area contributed by atoms with Crippen LogP contribution in [0.5, 0.6) is 0 Å². The molecule has 58 heavy (non-hydrogen) atoms. The molecule has 1 unspecified atom stereocenters. The van der Waals surface area contributed by atoms with E-state index in [-0.39, 0.29) is 37.5 Å². The Labute approximate surface area is 357 Å². The molecule has 0 N–H and O–H groups in total. The summed E-state index contributed by atoms with van der Waals surface area (Å²) in [6, 6.07) is 0. The van der Waals surface area contributed by atoms with Gasteiger partial charge in [-0.25, -0.2) is 0 Å². The molecule has 0 bridgehead atoms. The van der Waals surface area contributed by atoms with Gasteiger partial charge in [-0.05, 0) is 103 Å². The van der Waals surface area contributed by atoms with Crippen molar-refractivity contribution in [3.05, 3.63) is 72.9 Å². The van der Waals surface area contributed by atoms with Gasteiger partial charge in [-0.1, -0.05) is 171 Å². The van der Waals surface area contributed by atoms with E-state index in [1.807, 2.05) is 0 Å². The summed E-state index contributed by atoms with van der Waals surface area (Å²) in [5.41, 5.74) is 0. The lowest BCUT2D eigenvalue weighted by Gasteiger charge is -2.18. The Bertz CT molecular complexity index is 1110. The van der Waals surface area contributed by atoms with Crippen LogP contribution in [0.25, 0.3) is 0 Å². The van der Waals surface area contributed by atoms with Gasteiger partial charge >= 0.3 is 17.9 Å². The van der Waals surface area contributed by atoms with Gasteiger partial charge in [0.15, 0.2) is 6.10 Å². The third kappa shape index (κ3) is 44.0. The molecule has 0 fully saturated rings. The van der Waals surface area contributed by atoms with Crippen LogP contribution in [-0.2, 0) is 28.6 Å². The highest BCUT2D eigenvalue weighted by Crippen LogP contribution is 2.12. The molecule has 0 aromatic heterocycles. The lowest BCUT2D eigenvalue weighted by Crippen LogP contribution is -2.30. The van der Waals surface area contributed by atoms with Crippen molar-refractivity contribution in [2.45, 2.75) is 226 Å². The minimum atomic E-state index is -0.807. The van der Waals surface area contributed by atoms with Crippen molar-refractivity contribution in [2.24, 2.45) is 0 Å². The second-order valence-corrected chi connectivity index (χ2v) is 15.7. The van der Waals surface area contributed by atoms with Crippen molar-refractivity contribution in [1.29, 1.82) is 0 Å². The van der Waals surface area contributed by atoms with E-state index in [0.29, 0.717) is 19.3 Å². The molecule has 0 aliphatic heterocycles. The molecule has 0 saturated heterocycles. The normalized spacial score (nSPS) is 12.7. The number of rotatable bonds is 42. The Hall–Kier alpha value is -3.15. The minimum absolute atomic E-state index is 0.105. The summed E-state index contributed by atoms with van der Waals surface area (Å²) in [4.78, 5) is 37.7. The maximum Gasteiger partial charge on any atom is 0.306 e. The van der Waals surface area contributed by atoms with Crippen LogP contribution < -0.4 is 0 Å². The number of carbonyl (C=O) groups is 3.